The third-order valence-corrected chi connectivity index (χ3v) is 3.01. The van der Waals surface area contributed by atoms with E-state index in [1.54, 1.807) is 0 Å². The molecule has 0 aromatic carbocycles. The normalized spacial score (nSPS) is 47.1. The van der Waals surface area contributed by atoms with Crippen molar-refractivity contribution in [3.63, 3.8) is 0 Å². The Morgan fingerprint density at radius 1 is 0.900 bits per heavy atom. The van der Waals surface area contributed by atoms with Gasteiger partial charge in [-0.15, -0.1) is 0 Å². The summed E-state index contributed by atoms with van der Waals surface area (Å²) in [7, 11) is 0. The molecule has 0 heterocycles. The van der Waals surface area contributed by atoms with Crippen LogP contribution in [0.3, 0.4) is 0 Å². The molecule has 0 aromatic rings. The summed E-state index contributed by atoms with van der Waals surface area (Å²) in [6.45, 7) is 0. The van der Waals surface area contributed by atoms with Crippen molar-refractivity contribution in [3.8, 4) is 0 Å². The molecule has 0 aromatic heterocycles. The van der Waals surface area contributed by atoms with Crippen LogP contribution in [0.5, 0.6) is 0 Å². The summed E-state index contributed by atoms with van der Waals surface area (Å²) in [5.41, 5.74) is 0. The molecule has 2 aliphatic carbocycles. The van der Waals surface area contributed by atoms with E-state index in [0.29, 0.717) is 0 Å². The summed E-state index contributed by atoms with van der Waals surface area (Å²) in [6.07, 6.45) is 7.67. The first kappa shape index (κ1) is 6.66. The molecule has 2 rings (SSSR count). The summed E-state index contributed by atoms with van der Waals surface area (Å²) in [5, 5.41) is 9.41. The predicted molar refractivity (Wildman–Crippen MR) is 40.7 cm³/mol. The molecule has 58 valence electrons. The highest BCUT2D eigenvalue weighted by Gasteiger charge is 2.38. The third kappa shape index (κ3) is 1.34. The van der Waals surface area contributed by atoms with Crippen LogP contribution >= 0.6 is 0 Å². The van der Waals surface area contributed by atoms with Gasteiger partial charge < -0.3 is 5.11 Å². The Morgan fingerprint density at radius 3 is 2.60 bits per heavy atom. The van der Waals surface area contributed by atoms with Gasteiger partial charge in [0.25, 0.3) is 0 Å². The minimum absolute atomic E-state index is 0.0373. The van der Waals surface area contributed by atoms with E-state index in [0.717, 1.165) is 24.7 Å². The molecule has 0 radical (unpaired) electrons. The summed E-state index contributed by atoms with van der Waals surface area (Å²) in [5.74, 6) is 1.92. The SMILES string of the molecule is O[C@@H]1CCCC[C@H]2C[C@H]2C1. The van der Waals surface area contributed by atoms with E-state index in [-0.39, 0.29) is 6.10 Å². The van der Waals surface area contributed by atoms with E-state index < -0.39 is 0 Å². The molecule has 0 aliphatic heterocycles. The van der Waals surface area contributed by atoms with Crippen LogP contribution in [0.15, 0.2) is 0 Å². The number of aliphatic hydroxyl groups excluding tert-OH is 1. The zero-order valence-corrected chi connectivity index (χ0v) is 6.42. The first-order valence-corrected chi connectivity index (χ1v) is 4.54. The van der Waals surface area contributed by atoms with E-state index in [1.807, 2.05) is 0 Å². The van der Waals surface area contributed by atoms with Crippen molar-refractivity contribution in [2.75, 3.05) is 0 Å². The van der Waals surface area contributed by atoms with Crippen molar-refractivity contribution < 1.29 is 5.11 Å². The Labute approximate surface area is 62.4 Å². The van der Waals surface area contributed by atoms with Crippen LogP contribution in [-0.4, -0.2) is 11.2 Å². The average molecular weight is 140 g/mol. The van der Waals surface area contributed by atoms with Gasteiger partial charge in [-0.1, -0.05) is 19.3 Å². The smallest absolute Gasteiger partial charge is 0.0543 e. The van der Waals surface area contributed by atoms with Crippen LogP contribution in [0, 0.1) is 11.8 Å². The van der Waals surface area contributed by atoms with Crippen molar-refractivity contribution >= 4 is 0 Å². The molecule has 10 heavy (non-hydrogen) atoms. The number of rotatable bonds is 0. The zero-order valence-electron chi connectivity index (χ0n) is 6.42. The molecule has 2 fully saturated rings. The second-order valence-electron chi connectivity index (χ2n) is 3.93. The van der Waals surface area contributed by atoms with E-state index in [9.17, 15) is 5.11 Å². The Bertz CT molecular complexity index is 122. The second-order valence-corrected chi connectivity index (χ2v) is 3.93. The lowest BCUT2D eigenvalue weighted by Gasteiger charge is -2.12. The molecular weight excluding hydrogens is 124 g/mol. The van der Waals surface area contributed by atoms with Crippen LogP contribution < -0.4 is 0 Å². The van der Waals surface area contributed by atoms with E-state index in [2.05, 4.69) is 0 Å². The topological polar surface area (TPSA) is 20.2 Å². The highest BCUT2D eigenvalue weighted by molar-refractivity contribution is 4.89. The van der Waals surface area contributed by atoms with Gasteiger partial charge in [0, 0.05) is 0 Å². The third-order valence-electron chi connectivity index (χ3n) is 3.01. The number of hydrogen-bond donors (Lipinski definition) is 1. The highest BCUT2D eigenvalue weighted by atomic mass is 16.3. The standard InChI is InChI=1S/C9H16O/c10-9-4-2-1-3-7-5-8(7)6-9/h7-10H,1-6H2/t7-,8-,9+/m0/s1. The minimum atomic E-state index is 0.0373. The van der Waals surface area contributed by atoms with Gasteiger partial charge in [-0.3, -0.25) is 0 Å². The summed E-state index contributed by atoms with van der Waals surface area (Å²) >= 11 is 0. The van der Waals surface area contributed by atoms with Gasteiger partial charge in [-0.25, -0.2) is 0 Å². The lowest BCUT2D eigenvalue weighted by molar-refractivity contribution is 0.137. The number of aliphatic hydroxyl groups is 1. The highest BCUT2D eigenvalue weighted by Crippen LogP contribution is 2.47. The van der Waals surface area contributed by atoms with Gasteiger partial charge in [-0.05, 0) is 31.1 Å². The van der Waals surface area contributed by atoms with Crippen molar-refractivity contribution in [3.05, 3.63) is 0 Å². The van der Waals surface area contributed by atoms with E-state index in [1.165, 1.54) is 25.7 Å². The Morgan fingerprint density at radius 2 is 1.70 bits per heavy atom. The van der Waals surface area contributed by atoms with Crippen LogP contribution in [0.25, 0.3) is 0 Å². The van der Waals surface area contributed by atoms with Crippen LogP contribution in [0.1, 0.15) is 38.5 Å². The van der Waals surface area contributed by atoms with Gasteiger partial charge in [0.15, 0.2) is 0 Å². The second kappa shape index (κ2) is 2.54. The average Bonchev–Trinajstić information content (AvgIpc) is 2.54. The molecule has 0 unspecified atom stereocenters. The fourth-order valence-electron chi connectivity index (χ4n) is 2.21. The molecule has 1 heteroatoms. The van der Waals surface area contributed by atoms with Crippen molar-refractivity contribution in [2.24, 2.45) is 11.8 Å². The van der Waals surface area contributed by atoms with Crippen LogP contribution in [0.4, 0.5) is 0 Å². The molecule has 0 spiro atoms. The number of fused-ring (bicyclic) bond motifs is 1. The van der Waals surface area contributed by atoms with Crippen molar-refractivity contribution in [2.45, 2.75) is 44.6 Å². The van der Waals surface area contributed by atoms with Gasteiger partial charge in [0.05, 0.1) is 6.10 Å². The monoisotopic (exact) mass is 140 g/mol. The summed E-state index contributed by atoms with van der Waals surface area (Å²) < 4.78 is 0. The fourth-order valence-corrected chi connectivity index (χ4v) is 2.21. The van der Waals surface area contributed by atoms with Gasteiger partial charge in [-0.2, -0.15) is 0 Å². The first-order chi connectivity index (χ1) is 4.86. The van der Waals surface area contributed by atoms with Gasteiger partial charge >= 0.3 is 0 Å². The Balaban J connectivity index is 1.85. The molecule has 3 atom stereocenters. The maximum Gasteiger partial charge on any atom is 0.0543 e. The fraction of sp³-hybridized carbons (Fsp3) is 1.00. The maximum absolute atomic E-state index is 9.41. The molecule has 0 bridgehead atoms. The van der Waals surface area contributed by atoms with Crippen molar-refractivity contribution in [1.82, 2.24) is 0 Å². The molecule has 2 aliphatic rings. The van der Waals surface area contributed by atoms with E-state index >= 15 is 0 Å². The molecule has 1 nitrogen and oxygen atoms in total. The summed E-state index contributed by atoms with van der Waals surface area (Å²) in [6, 6.07) is 0. The Hall–Kier alpha value is -0.0400. The van der Waals surface area contributed by atoms with Gasteiger partial charge in [0.1, 0.15) is 0 Å². The zero-order chi connectivity index (χ0) is 6.97. The van der Waals surface area contributed by atoms with E-state index in [4.69, 9.17) is 0 Å². The number of hydrogen-bond acceptors (Lipinski definition) is 1. The molecule has 0 saturated heterocycles. The molecular formula is C9H16O. The lowest BCUT2D eigenvalue weighted by Crippen LogP contribution is -2.09. The minimum Gasteiger partial charge on any atom is -0.393 e. The maximum atomic E-state index is 9.41. The quantitative estimate of drug-likeness (QED) is 0.545. The molecule has 2 saturated carbocycles. The molecule has 1 N–H and O–H groups in total. The van der Waals surface area contributed by atoms with Crippen molar-refractivity contribution in [1.29, 1.82) is 0 Å². The van der Waals surface area contributed by atoms with Gasteiger partial charge in [0.2, 0.25) is 0 Å². The Kier molecular flexibility index (Phi) is 1.69. The largest absolute Gasteiger partial charge is 0.393 e. The van der Waals surface area contributed by atoms with Crippen LogP contribution in [-0.2, 0) is 0 Å². The summed E-state index contributed by atoms with van der Waals surface area (Å²) in [4.78, 5) is 0. The molecule has 0 amide bonds. The lowest BCUT2D eigenvalue weighted by atomic mass is 9.99. The first-order valence-electron chi connectivity index (χ1n) is 4.54. The predicted octanol–water partition coefficient (Wildman–Crippen LogP) is 1.95. The van der Waals surface area contributed by atoms with Crippen LogP contribution in [0.2, 0.25) is 0 Å².